The average Bonchev–Trinajstić information content (AvgIpc) is 3.07. The summed E-state index contributed by atoms with van der Waals surface area (Å²) in [6.07, 6.45) is 3.13. The van der Waals surface area contributed by atoms with E-state index in [1.54, 1.807) is 0 Å². The summed E-state index contributed by atoms with van der Waals surface area (Å²) in [4.78, 5) is 35.4. The Hall–Kier alpha value is -1.39. The lowest BCUT2D eigenvalue weighted by Crippen LogP contribution is -2.34. The number of piperidine rings is 1. The monoisotopic (exact) mass is 253 g/mol. The summed E-state index contributed by atoms with van der Waals surface area (Å²) in [6, 6.07) is 0. The second-order valence-corrected chi connectivity index (χ2v) is 5.27. The molecule has 1 aliphatic carbocycles. The molecule has 0 aromatic carbocycles. The minimum Gasteiger partial charge on any atom is -0.481 e. The van der Waals surface area contributed by atoms with Gasteiger partial charge in [0.2, 0.25) is 11.8 Å². The molecule has 2 rings (SSSR count). The number of carbonyl (C=O) groups excluding carboxylic acids is 2. The second-order valence-electron chi connectivity index (χ2n) is 5.27. The molecule has 100 valence electrons. The Labute approximate surface area is 106 Å². The van der Waals surface area contributed by atoms with Crippen LogP contribution < -0.4 is 0 Å². The molecule has 0 aromatic heterocycles. The van der Waals surface area contributed by atoms with Crippen molar-refractivity contribution in [3.05, 3.63) is 0 Å². The summed E-state index contributed by atoms with van der Waals surface area (Å²) in [5.74, 6) is -0.606. The molecular weight excluding hydrogens is 234 g/mol. The quantitative estimate of drug-likeness (QED) is 0.693. The van der Waals surface area contributed by atoms with Crippen LogP contribution in [0, 0.1) is 17.8 Å². The molecule has 5 heteroatoms. The lowest BCUT2D eigenvalue weighted by atomic mass is 9.96. The third-order valence-corrected chi connectivity index (χ3v) is 4.06. The van der Waals surface area contributed by atoms with Crippen LogP contribution in [-0.4, -0.2) is 34.3 Å². The summed E-state index contributed by atoms with van der Waals surface area (Å²) in [6.45, 7) is 2.47. The van der Waals surface area contributed by atoms with Crippen LogP contribution in [0.15, 0.2) is 0 Å². The summed E-state index contributed by atoms with van der Waals surface area (Å²) in [5, 5.41) is 8.64. The zero-order valence-electron chi connectivity index (χ0n) is 10.6. The van der Waals surface area contributed by atoms with E-state index in [2.05, 4.69) is 0 Å². The third kappa shape index (κ3) is 2.54. The zero-order valence-corrected chi connectivity index (χ0v) is 10.6. The highest BCUT2D eigenvalue weighted by Crippen LogP contribution is 2.47. The Bertz CT molecular complexity index is 359. The normalized spacial score (nSPS) is 27.3. The number of fused-ring (bicyclic) bond motifs is 1. The standard InChI is InChI=1S/C13H19NO4/c1-2-8(3-4-11(15)16)5-6-14-12(17)9-7-10(9)13(14)18/h8-10H,2-7H2,1H3,(H,15,16). The van der Waals surface area contributed by atoms with Gasteiger partial charge in [-0.25, -0.2) is 0 Å². The fourth-order valence-corrected chi connectivity index (χ4v) is 2.66. The van der Waals surface area contributed by atoms with Gasteiger partial charge in [-0.1, -0.05) is 13.3 Å². The van der Waals surface area contributed by atoms with E-state index in [-0.39, 0.29) is 36.0 Å². The van der Waals surface area contributed by atoms with Gasteiger partial charge in [-0.2, -0.15) is 0 Å². The summed E-state index contributed by atoms with van der Waals surface area (Å²) in [5.41, 5.74) is 0. The number of nitrogens with zero attached hydrogens (tertiary/aromatic N) is 1. The molecule has 5 nitrogen and oxygen atoms in total. The minimum absolute atomic E-state index is 0.0157. The molecule has 3 atom stereocenters. The fourth-order valence-electron chi connectivity index (χ4n) is 2.66. The first-order valence-electron chi connectivity index (χ1n) is 6.61. The van der Waals surface area contributed by atoms with Crippen molar-refractivity contribution in [1.82, 2.24) is 4.90 Å². The predicted octanol–water partition coefficient (Wildman–Crippen LogP) is 1.27. The Morgan fingerprint density at radius 3 is 2.44 bits per heavy atom. The highest BCUT2D eigenvalue weighted by Gasteiger charge is 2.58. The van der Waals surface area contributed by atoms with Gasteiger partial charge in [-0.15, -0.1) is 0 Å². The number of carboxylic acid groups (broad SMARTS) is 1. The highest BCUT2D eigenvalue weighted by atomic mass is 16.4. The van der Waals surface area contributed by atoms with E-state index in [9.17, 15) is 14.4 Å². The molecule has 1 heterocycles. The molecule has 0 spiro atoms. The number of imide groups is 1. The van der Waals surface area contributed by atoms with Crippen LogP contribution in [0.4, 0.5) is 0 Å². The molecule has 1 N–H and O–H groups in total. The Morgan fingerprint density at radius 2 is 1.94 bits per heavy atom. The van der Waals surface area contributed by atoms with E-state index in [4.69, 9.17) is 5.11 Å². The number of hydrogen-bond donors (Lipinski definition) is 1. The van der Waals surface area contributed by atoms with Crippen LogP contribution in [0.25, 0.3) is 0 Å². The largest absolute Gasteiger partial charge is 0.481 e. The maximum atomic E-state index is 11.7. The van der Waals surface area contributed by atoms with Crippen molar-refractivity contribution < 1.29 is 19.5 Å². The fraction of sp³-hybridized carbons (Fsp3) is 0.769. The van der Waals surface area contributed by atoms with Crippen molar-refractivity contribution in [2.75, 3.05) is 6.54 Å². The van der Waals surface area contributed by atoms with Crippen LogP contribution in [-0.2, 0) is 14.4 Å². The molecule has 3 unspecified atom stereocenters. The van der Waals surface area contributed by atoms with E-state index in [0.717, 1.165) is 19.3 Å². The molecule has 0 bridgehead atoms. The third-order valence-electron chi connectivity index (χ3n) is 4.06. The van der Waals surface area contributed by atoms with Crippen molar-refractivity contribution in [3.8, 4) is 0 Å². The van der Waals surface area contributed by atoms with E-state index in [0.29, 0.717) is 13.0 Å². The van der Waals surface area contributed by atoms with Gasteiger partial charge in [0, 0.05) is 13.0 Å². The molecule has 1 saturated carbocycles. The van der Waals surface area contributed by atoms with Crippen LogP contribution in [0.5, 0.6) is 0 Å². The Balaban J connectivity index is 1.77. The predicted molar refractivity (Wildman–Crippen MR) is 63.6 cm³/mol. The molecule has 1 saturated heterocycles. The lowest BCUT2D eigenvalue weighted by molar-refractivity contribution is -0.142. The zero-order chi connectivity index (χ0) is 13.3. The van der Waals surface area contributed by atoms with Crippen molar-refractivity contribution >= 4 is 17.8 Å². The molecule has 2 fully saturated rings. The van der Waals surface area contributed by atoms with Gasteiger partial charge in [-0.3, -0.25) is 19.3 Å². The van der Waals surface area contributed by atoms with Gasteiger partial charge >= 0.3 is 5.97 Å². The number of likely N-dealkylation sites (tertiary alicyclic amines) is 1. The molecule has 0 radical (unpaired) electrons. The van der Waals surface area contributed by atoms with Crippen molar-refractivity contribution in [1.29, 1.82) is 0 Å². The van der Waals surface area contributed by atoms with E-state index in [1.807, 2.05) is 6.92 Å². The SMILES string of the molecule is CCC(CCC(=O)O)CCN1C(=O)C2CC2C1=O. The summed E-state index contributed by atoms with van der Waals surface area (Å²) in [7, 11) is 0. The van der Waals surface area contributed by atoms with Crippen LogP contribution >= 0.6 is 0 Å². The first kappa shape index (κ1) is 13.1. The molecule has 0 aromatic rings. The van der Waals surface area contributed by atoms with Crippen molar-refractivity contribution in [2.45, 2.75) is 39.0 Å². The summed E-state index contributed by atoms with van der Waals surface area (Å²) < 4.78 is 0. The van der Waals surface area contributed by atoms with Gasteiger partial charge in [0.05, 0.1) is 11.8 Å². The number of hydrogen-bond acceptors (Lipinski definition) is 3. The van der Waals surface area contributed by atoms with Crippen LogP contribution in [0.1, 0.15) is 39.0 Å². The van der Waals surface area contributed by atoms with Gasteiger partial charge < -0.3 is 5.11 Å². The van der Waals surface area contributed by atoms with Gasteiger partial charge in [-0.05, 0) is 25.2 Å². The smallest absolute Gasteiger partial charge is 0.303 e. The maximum Gasteiger partial charge on any atom is 0.303 e. The van der Waals surface area contributed by atoms with Gasteiger partial charge in [0.1, 0.15) is 0 Å². The molecule has 1 aliphatic heterocycles. The topological polar surface area (TPSA) is 74.7 Å². The Kier molecular flexibility index (Phi) is 3.68. The van der Waals surface area contributed by atoms with E-state index in [1.165, 1.54) is 4.90 Å². The first-order valence-corrected chi connectivity index (χ1v) is 6.61. The number of carboxylic acids is 1. The van der Waals surface area contributed by atoms with E-state index >= 15 is 0 Å². The van der Waals surface area contributed by atoms with Crippen LogP contribution in [0.3, 0.4) is 0 Å². The van der Waals surface area contributed by atoms with E-state index < -0.39 is 5.97 Å². The maximum absolute atomic E-state index is 11.7. The number of amides is 2. The highest BCUT2D eigenvalue weighted by molar-refractivity contribution is 6.08. The molecule has 18 heavy (non-hydrogen) atoms. The van der Waals surface area contributed by atoms with Crippen molar-refractivity contribution in [2.24, 2.45) is 17.8 Å². The minimum atomic E-state index is -0.789. The molecule has 2 amide bonds. The number of aliphatic carboxylic acids is 1. The number of carbonyl (C=O) groups is 3. The van der Waals surface area contributed by atoms with Crippen LogP contribution in [0.2, 0.25) is 0 Å². The lowest BCUT2D eigenvalue weighted by Gasteiger charge is -2.20. The van der Waals surface area contributed by atoms with Gasteiger partial charge in [0.25, 0.3) is 0 Å². The second kappa shape index (κ2) is 5.08. The average molecular weight is 253 g/mol. The number of rotatable bonds is 7. The van der Waals surface area contributed by atoms with Gasteiger partial charge in [0.15, 0.2) is 0 Å². The Morgan fingerprint density at radius 1 is 1.33 bits per heavy atom. The molecule has 2 aliphatic rings. The summed E-state index contributed by atoms with van der Waals surface area (Å²) >= 11 is 0. The van der Waals surface area contributed by atoms with Crippen molar-refractivity contribution in [3.63, 3.8) is 0 Å². The molecular formula is C13H19NO4. The first-order chi connectivity index (χ1) is 8.54.